The van der Waals surface area contributed by atoms with E-state index in [2.05, 4.69) is 37.3 Å². The highest BCUT2D eigenvalue weighted by Gasteiger charge is 2.70. The SMILES string of the molecule is COc1ccc2c(c1)CC[C@@H]1[C@@H]2CC[C@]2(C)[C@]3(O)C=C[C@@]12CC3. The van der Waals surface area contributed by atoms with E-state index in [0.29, 0.717) is 11.8 Å². The Hall–Kier alpha value is -1.28. The van der Waals surface area contributed by atoms with E-state index in [9.17, 15) is 5.11 Å². The zero-order valence-electron chi connectivity index (χ0n) is 14.1. The van der Waals surface area contributed by atoms with E-state index in [0.717, 1.165) is 25.0 Å². The number of hydrogen-bond donors (Lipinski definition) is 1. The second-order valence-corrected chi connectivity index (χ2v) is 8.49. The summed E-state index contributed by atoms with van der Waals surface area (Å²) in [6.07, 6.45) is 11.5. The molecule has 0 saturated heterocycles. The summed E-state index contributed by atoms with van der Waals surface area (Å²) in [5, 5.41) is 11.1. The lowest BCUT2D eigenvalue weighted by molar-refractivity contribution is -0.0870. The fraction of sp³-hybridized carbons (Fsp3) is 0.619. The average molecular weight is 310 g/mol. The third-order valence-corrected chi connectivity index (χ3v) is 8.14. The Bertz CT molecular complexity index is 708. The van der Waals surface area contributed by atoms with E-state index < -0.39 is 5.60 Å². The summed E-state index contributed by atoms with van der Waals surface area (Å²) in [5.41, 5.74) is 2.78. The first-order valence-corrected chi connectivity index (χ1v) is 9.13. The summed E-state index contributed by atoms with van der Waals surface area (Å²) in [4.78, 5) is 0. The van der Waals surface area contributed by atoms with Crippen molar-refractivity contribution in [3.63, 3.8) is 0 Å². The first-order chi connectivity index (χ1) is 11.0. The van der Waals surface area contributed by atoms with Crippen molar-refractivity contribution in [3.05, 3.63) is 41.5 Å². The number of aryl methyl sites for hydroxylation is 1. The predicted molar refractivity (Wildman–Crippen MR) is 90.6 cm³/mol. The maximum absolute atomic E-state index is 11.1. The van der Waals surface area contributed by atoms with Crippen molar-refractivity contribution >= 4 is 0 Å². The van der Waals surface area contributed by atoms with Crippen LogP contribution >= 0.6 is 0 Å². The second-order valence-electron chi connectivity index (χ2n) is 8.49. The number of rotatable bonds is 1. The topological polar surface area (TPSA) is 29.5 Å². The summed E-state index contributed by atoms with van der Waals surface area (Å²) in [7, 11) is 1.75. The van der Waals surface area contributed by atoms with Crippen LogP contribution in [-0.4, -0.2) is 17.8 Å². The minimum absolute atomic E-state index is 0.0607. The molecule has 1 N–H and O–H groups in total. The van der Waals surface area contributed by atoms with Gasteiger partial charge in [0.2, 0.25) is 0 Å². The summed E-state index contributed by atoms with van der Waals surface area (Å²) in [6.45, 7) is 2.36. The Morgan fingerprint density at radius 3 is 2.74 bits per heavy atom. The lowest BCUT2D eigenvalue weighted by Crippen LogP contribution is -2.52. The van der Waals surface area contributed by atoms with Crippen LogP contribution in [0.3, 0.4) is 0 Å². The van der Waals surface area contributed by atoms with Crippen molar-refractivity contribution < 1.29 is 9.84 Å². The van der Waals surface area contributed by atoms with E-state index in [1.54, 1.807) is 12.7 Å². The molecule has 0 spiro atoms. The van der Waals surface area contributed by atoms with Gasteiger partial charge in [0.25, 0.3) is 0 Å². The van der Waals surface area contributed by atoms with Gasteiger partial charge in [0.15, 0.2) is 0 Å². The number of allylic oxidation sites excluding steroid dienone is 1. The van der Waals surface area contributed by atoms with Crippen LogP contribution in [-0.2, 0) is 6.42 Å². The van der Waals surface area contributed by atoms with Crippen LogP contribution in [0.15, 0.2) is 30.4 Å². The molecule has 5 rings (SSSR count). The summed E-state index contributed by atoms with van der Waals surface area (Å²) < 4.78 is 5.42. The largest absolute Gasteiger partial charge is 0.497 e. The van der Waals surface area contributed by atoms with Gasteiger partial charge in [-0.3, -0.25) is 0 Å². The maximum Gasteiger partial charge on any atom is 0.119 e. The molecule has 1 aromatic carbocycles. The van der Waals surface area contributed by atoms with Crippen LogP contribution in [0.2, 0.25) is 0 Å². The molecule has 0 radical (unpaired) electrons. The van der Waals surface area contributed by atoms with Gasteiger partial charge in [-0.2, -0.15) is 0 Å². The van der Waals surface area contributed by atoms with Gasteiger partial charge >= 0.3 is 0 Å². The molecule has 0 unspecified atom stereocenters. The Morgan fingerprint density at radius 2 is 2.00 bits per heavy atom. The molecule has 0 aromatic heterocycles. The minimum Gasteiger partial charge on any atom is -0.497 e. The van der Waals surface area contributed by atoms with E-state index in [1.165, 1.54) is 24.8 Å². The van der Waals surface area contributed by atoms with Crippen molar-refractivity contribution in [2.75, 3.05) is 7.11 Å². The van der Waals surface area contributed by atoms with Gasteiger partial charge in [-0.15, -0.1) is 0 Å². The minimum atomic E-state index is -0.543. The highest BCUT2D eigenvalue weighted by atomic mass is 16.5. The van der Waals surface area contributed by atoms with E-state index in [4.69, 9.17) is 4.74 Å². The summed E-state index contributed by atoms with van der Waals surface area (Å²) in [5.74, 6) is 2.33. The van der Waals surface area contributed by atoms with Gasteiger partial charge in [-0.25, -0.2) is 0 Å². The van der Waals surface area contributed by atoms with Crippen molar-refractivity contribution in [2.45, 2.75) is 57.0 Å². The smallest absolute Gasteiger partial charge is 0.119 e. The molecule has 4 aliphatic rings. The van der Waals surface area contributed by atoms with Crippen LogP contribution in [0.1, 0.15) is 56.1 Å². The first kappa shape index (κ1) is 14.1. The maximum atomic E-state index is 11.1. The van der Waals surface area contributed by atoms with Crippen molar-refractivity contribution in [1.29, 1.82) is 0 Å². The fourth-order valence-electron chi connectivity index (χ4n) is 6.77. The number of methoxy groups -OCH3 is 1. The highest BCUT2D eigenvalue weighted by Crippen LogP contribution is 2.74. The normalized spacial score (nSPS) is 46.2. The second kappa shape index (κ2) is 4.22. The van der Waals surface area contributed by atoms with E-state index >= 15 is 0 Å². The van der Waals surface area contributed by atoms with Gasteiger partial charge in [-0.05, 0) is 73.6 Å². The number of hydrogen-bond acceptors (Lipinski definition) is 2. The quantitative estimate of drug-likeness (QED) is 0.787. The predicted octanol–water partition coefficient (Wildman–Crippen LogP) is 4.22. The Kier molecular flexibility index (Phi) is 2.58. The zero-order chi connectivity index (χ0) is 15.9. The highest BCUT2D eigenvalue weighted by molar-refractivity contribution is 5.44. The van der Waals surface area contributed by atoms with Gasteiger partial charge in [0, 0.05) is 10.8 Å². The Balaban J connectivity index is 1.60. The standard InChI is InChI=1S/C21H26O2/c1-19-8-7-17-16-5-4-15(23-2)13-14(16)3-6-18(17)20(19)9-11-21(19,22)12-10-20/h4-5,9,11,13,17-18,22H,3,6-8,10,12H2,1-2H3/t17-,18-,19+,20-,21+/m1/s1. The average Bonchev–Trinajstić information content (AvgIpc) is 2.95. The molecule has 1 aromatic rings. The van der Waals surface area contributed by atoms with E-state index in [1.807, 2.05) is 0 Å². The fourth-order valence-corrected chi connectivity index (χ4v) is 6.77. The molecule has 122 valence electrons. The molecule has 5 atom stereocenters. The van der Waals surface area contributed by atoms with Gasteiger partial charge < -0.3 is 9.84 Å². The van der Waals surface area contributed by atoms with Crippen molar-refractivity contribution in [2.24, 2.45) is 16.7 Å². The molecule has 0 amide bonds. The summed E-state index contributed by atoms with van der Waals surface area (Å²) >= 11 is 0. The lowest BCUT2D eigenvalue weighted by atomic mass is 9.48. The molecular weight excluding hydrogens is 284 g/mol. The van der Waals surface area contributed by atoms with Gasteiger partial charge in [-0.1, -0.05) is 25.1 Å². The number of aliphatic hydroxyl groups is 1. The molecule has 2 nitrogen and oxygen atoms in total. The zero-order valence-corrected chi connectivity index (χ0v) is 14.1. The van der Waals surface area contributed by atoms with Crippen LogP contribution in [0.4, 0.5) is 0 Å². The third kappa shape index (κ3) is 1.45. The van der Waals surface area contributed by atoms with Crippen molar-refractivity contribution in [3.8, 4) is 5.75 Å². The lowest BCUT2D eigenvalue weighted by Gasteiger charge is -2.56. The monoisotopic (exact) mass is 310 g/mol. The molecule has 2 heteroatoms. The Morgan fingerprint density at radius 1 is 1.13 bits per heavy atom. The molecular formula is C21H26O2. The molecule has 0 heterocycles. The third-order valence-electron chi connectivity index (χ3n) is 8.14. The van der Waals surface area contributed by atoms with Crippen LogP contribution in [0, 0.1) is 16.7 Å². The first-order valence-electron chi connectivity index (χ1n) is 9.13. The molecule has 0 aliphatic heterocycles. The van der Waals surface area contributed by atoms with Crippen LogP contribution in [0.25, 0.3) is 0 Å². The molecule has 4 aliphatic carbocycles. The van der Waals surface area contributed by atoms with Gasteiger partial charge in [0.1, 0.15) is 5.75 Å². The number of ether oxygens (including phenoxy) is 1. The number of fused-ring (bicyclic) bond motifs is 3. The van der Waals surface area contributed by atoms with Crippen LogP contribution in [0.5, 0.6) is 5.75 Å². The van der Waals surface area contributed by atoms with Crippen molar-refractivity contribution in [1.82, 2.24) is 0 Å². The number of benzene rings is 1. The molecule has 2 fully saturated rings. The molecule has 2 bridgehead atoms. The van der Waals surface area contributed by atoms with Gasteiger partial charge in [0.05, 0.1) is 12.7 Å². The molecule has 23 heavy (non-hydrogen) atoms. The Labute approximate surface area is 138 Å². The summed E-state index contributed by atoms with van der Waals surface area (Å²) in [6, 6.07) is 6.68. The van der Waals surface area contributed by atoms with Crippen LogP contribution < -0.4 is 4.74 Å². The molecule has 2 saturated carbocycles. The van der Waals surface area contributed by atoms with E-state index in [-0.39, 0.29) is 10.8 Å².